The Hall–Kier alpha value is -2.87. The summed E-state index contributed by atoms with van der Waals surface area (Å²) in [7, 11) is -3.51. The number of nitrogens with one attached hydrogen (secondary N) is 1. The summed E-state index contributed by atoms with van der Waals surface area (Å²) in [6, 6.07) is 14.6. The maximum atomic E-state index is 13.4. The van der Waals surface area contributed by atoms with Gasteiger partial charge >= 0.3 is 0 Å². The quantitative estimate of drug-likeness (QED) is 0.479. The molecule has 2 amide bonds. The van der Waals surface area contributed by atoms with E-state index < -0.39 is 21.6 Å². The zero-order chi connectivity index (χ0) is 27.1. The van der Waals surface area contributed by atoms with Gasteiger partial charge in [-0.15, -0.1) is 0 Å². The molecule has 0 aliphatic rings. The number of rotatable bonds is 11. The number of amides is 2. The Morgan fingerprint density at radius 3 is 2.03 bits per heavy atom. The van der Waals surface area contributed by atoms with Gasteiger partial charge in [-0.2, -0.15) is 0 Å². The molecular formula is C28H41N3O4S. The first-order valence-corrected chi connectivity index (χ1v) is 14.3. The summed E-state index contributed by atoms with van der Waals surface area (Å²) in [5, 5.41) is 2.95. The van der Waals surface area contributed by atoms with Crippen molar-refractivity contribution in [2.24, 2.45) is 0 Å². The standard InChI is InChI=1S/C28H41N3O4S/c1-8-23-15-17-25(18-16-23)31(36(7,34)35)19-9-10-26(32)30(20-24-13-11-21(2)12-14-24)22(3)27(33)29-28(4,5)6/h11-18,22H,8-10,19-20H2,1-7H3,(H,29,33)/t22-/m0/s1. The predicted octanol–water partition coefficient (Wildman–Crippen LogP) is 4.44. The van der Waals surface area contributed by atoms with Crippen LogP contribution in [-0.4, -0.2) is 49.5 Å². The van der Waals surface area contributed by atoms with Crippen molar-refractivity contribution >= 4 is 27.5 Å². The molecule has 198 valence electrons. The summed E-state index contributed by atoms with van der Waals surface area (Å²) >= 11 is 0. The molecule has 2 aromatic carbocycles. The van der Waals surface area contributed by atoms with Crippen molar-refractivity contribution in [3.8, 4) is 0 Å². The maximum absolute atomic E-state index is 13.4. The zero-order valence-corrected chi connectivity index (χ0v) is 23.5. The van der Waals surface area contributed by atoms with Crippen molar-refractivity contribution in [1.29, 1.82) is 0 Å². The summed E-state index contributed by atoms with van der Waals surface area (Å²) in [5.41, 5.74) is 3.32. The van der Waals surface area contributed by atoms with Crippen molar-refractivity contribution in [2.45, 2.75) is 78.9 Å². The van der Waals surface area contributed by atoms with Gasteiger partial charge in [-0.3, -0.25) is 13.9 Å². The Balaban J connectivity index is 2.17. The second-order valence-electron chi connectivity index (χ2n) is 10.4. The lowest BCUT2D eigenvalue weighted by atomic mass is 10.1. The highest BCUT2D eigenvalue weighted by atomic mass is 32.2. The Morgan fingerprint density at radius 1 is 0.972 bits per heavy atom. The number of carbonyl (C=O) groups excluding carboxylic acids is 2. The van der Waals surface area contributed by atoms with E-state index in [-0.39, 0.29) is 24.8 Å². The molecule has 0 radical (unpaired) electrons. The molecule has 0 saturated heterocycles. The number of carbonyl (C=O) groups is 2. The summed E-state index contributed by atoms with van der Waals surface area (Å²) in [6.45, 7) is 11.9. The number of benzene rings is 2. The van der Waals surface area contributed by atoms with E-state index in [0.29, 0.717) is 18.7 Å². The third-order valence-corrected chi connectivity index (χ3v) is 7.12. The molecular weight excluding hydrogens is 474 g/mol. The molecule has 0 aliphatic carbocycles. The van der Waals surface area contributed by atoms with Crippen LogP contribution in [0.2, 0.25) is 0 Å². The number of sulfonamides is 1. The van der Waals surface area contributed by atoms with E-state index in [4.69, 9.17) is 0 Å². The zero-order valence-electron chi connectivity index (χ0n) is 22.7. The van der Waals surface area contributed by atoms with E-state index in [1.165, 1.54) is 10.6 Å². The summed E-state index contributed by atoms with van der Waals surface area (Å²) in [5.74, 6) is -0.418. The van der Waals surface area contributed by atoms with Crippen LogP contribution >= 0.6 is 0 Å². The second-order valence-corrected chi connectivity index (χ2v) is 12.3. The average Bonchev–Trinajstić information content (AvgIpc) is 2.79. The van der Waals surface area contributed by atoms with Crippen LogP contribution in [0.4, 0.5) is 5.69 Å². The van der Waals surface area contributed by atoms with Gasteiger partial charge < -0.3 is 10.2 Å². The smallest absolute Gasteiger partial charge is 0.242 e. The van der Waals surface area contributed by atoms with E-state index in [9.17, 15) is 18.0 Å². The predicted molar refractivity (Wildman–Crippen MR) is 146 cm³/mol. The highest BCUT2D eigenvalue weighted by molar-refractivity contribution is 7.92. The molecule has 0 fully saturated rings. The third kappa shape index (κ3) is 8.97. The molecule has 1 atom stereocenters. The Bertz CT molecular complexity index is 1120. The Kier molecular flexibility index (Phi) is 10.1. The topological polar surface area (TPSA) is 86.8 Å². The van der Waals surface area contributed by atoms with Crippen LogP contribution in [0, 0.1) is 6.92 Å². The molecule has 0 bridgehead atoms. The fraction of sp³-hybridized carbons (Fsp3) is 0.500. The van der Waals surface area contributed by atoms with E-state index >= 15 is 0 Å². The Morgan fingerprint density at radius 2 is 1.53 bits per heavy atom. The monoisotopic (exact) mass is 515 g/mol. The van der Waals surface area contributed by atoms with Crippen LogP contribution in [0.3, 0.4) is 0 Å². The molecule has 2 aromatic rings. The lowest BCUT2D eigenvalue weighted by Crippen LogP contribution is -2.52. The number of anilines is 1. The van der Waals surface area contributed by atoms with Crippen molar-refractivity contribution < 1.29 is 18.0 Å². The van der Waals surface area contributed by atoms with Gasteiger partial charge in [0.2, 0.25) is 21.8 Å². The number of hydrogen-bond acceptors (Lipinski definition) is 4. The largest absolute Gasteiger partial charge is 0.350 e. The van der Waals surface area contributed by atoms with E-state index in [2.05, 4.69) is 5.32 Å². The number of nitrogens with zero attached hydrogens (tertiary/aromatic N) is 2. The second kappa shape index (κ2) is 12.4. The maximum Gasteiger partial charge on any atom is 0.242 e. The third-order valence-electron chi connectivity index (χ3n) is 5.92. The highest BCUT2D eigenvalue weighted by Gasteiger charge is 2.28. The molecule has 2 rings (SSSR count). The van der Waals surface area contributed by atoms with Crippen LogP contribution in [-0.2, 0) is 32.6 Å². The normalized spacial score (nSPS) is 12.6. The van der Waals surface area contributed by atoms with Gasteiger partial charge in [-0.25, -0.2) is 8.42 Å². The average molecular weight is 516 g/mol. The van der Waals surface area contributed by atoms with Crippen molar-refractivity contribution in [3.63, 3.8) is 0 Å². The van der Waals surface area contributed by atoms with Crippen LogP contribution in [0.1, 0.15) is 64.2 Å². The molecule has 7 nitrogen and oxygen atoms in total. The van der Waals surface area contributed by atoms with E-state index in [1.54, 1.807) is 24.0 Å². The van der Waals surface area contributed by atoms with E-state index in [0.717, 1.165) is 23.1 Å². The van der Waals surface area contributed by atoms with Gasteiger partial charge in [0.1, 0.15) is 6.04 Å². The van der Waals surface area contributed by atoms with Crippen LogP contribution in [0.5, 0.6) is 0 Å². The van der Waals surface area contributed by atoms with Gasteiger partial charge in [-0.1, -0.05) is 48.9 Å². The molecule has 1 N–H and O–H groups in total. The molecule has 0 heterocycles. The lowest BCUT2D eigenvalue weighted by Gasteiger charge is -2.32. The first-order chi connectivity index (χ1) is 16.7. The number of hydrogen-bond donors (Lipinski definition) is 1. The minimum Gasteiger partial charge on any atom is -0.350 e. The van der Waals surface area contributed by atoms with Gasteiger partial charge in [-0.05, 0) is 70.7 Å². The molecule has 0 unspecified atom stereocenters. The Labute approximate surface area is 216 Å². The van der Waals surface area contributed by atoms with Crippen molar-refractivity contribution in [3.05, 3.63) is 65.2 Å². The summed E-state index contributed by atoms with van der Waals surface area (Å²) in [4.78, 5) is 27.8. The van der Waals surface area contributed by atoms with Crippen LogP contribution < -0.4 is 9.62 Å². The molecule has 0 spiro atoms. The van der Waals surface area contributed by atoms with Crippen LogP contribution in [0.15, 0.2) is 48.5 Å². The first-order valence-electron chi connectivity index (χ1n) is 12.4. The van der Waals surface area contributed by atoms with Crippen molar-refractivity contribution in [1.82, 2.24) is 10.2 Å². The van der Waals surface area contributed by atoms with Gasteiger partial charge in [0.25, 0.3) is 0 Å². The molecule has 36 heavy (non-hydrogen) atoms. The lowest BCUT2D eigenvalue weighted by molar-refractivity contribution is -0.141. The molecule has 0 saturated carbocycles. The minimum absolute atomic E-state index is 0.123. The van der Waals surface area contributed by atoms with Gasteiger partial charge in [0, 0.05) is 25.0 Å². The summed E-state index contributed by atoms with van der Waals surface area (Å²) in [6.07, 6.45) is 2.49. The number of aryl methyl sites for hydroxylation is 2. The van der Waals surface area contributed by atoms with Gasteiger partial charge in [0.05, 0.1) is 11.9 Å². The SMILES string of the molecule is CCc1ccc(N(CCCC(=O)N(Cc2ccc(C)cc2)[C@@H](C)C(=O)NC(C)(C)C)S(C)(=O)=O)cc1. The minimum atomic E-state index is -3.51. The van der Waals surface area contributed by atoms with Crippen LogP contribution in [0.25, 0.3) is 0 Å². The van der Waals surface area contributed by atoms with E-state index in [1.807, 2.05) is 71.0 Å². The molecule has 8 heteroatoms. The molecule has 0 aromatic heterocycles. The molecule has 0 aliphatic heterocycles. The fourth-order valence-electron chi connectivity index (χ4n) is 3.85. The van der Waals surface area contributed by atoms with Crippen molar-refractivity contribution in [2.75, 3.05) is 17.1 Å². The highest BCUT2D eigenvalue weighted by Crippen LogP contribution is 2.20. The summed E-state index contributed by atoms with van der Waals surface area (Å²) < 4.78 is 26.3. The van der Waals surface area contributed by atoms with Gasteiger partial charge in [0.15, 0.2) is 0 Å². The first kappa shape index (κ1) is 29.4. The fourth-order valence-corrected chi connectivity index (χ4v) is 4.81.